The maximum absolute atomic E-state index is 11.5. The summed E-state index contributed by atoms with van der Waals surface area (Å²) in [4.78, 5) is 22.1. The standard InChI is InChI=1S/C10H16N4O3/c1-10(2,3)9(17)11-4-5-14-6-7(8(15)16)12-13-14/h6H,4-5H2,1-3H3,(H,11,17)(H,15,16). The molecular formula is C10H16N4O3. The summed E-state index contributed by atoms with van der Waals surface area (Å²) in [6.45, 7) is 6.24. The molecular weight excluding hydrogens is 224 g/mol. The third kappa shape index (κ3) is 3.86. The summed E-state index contributed by atoms with van der Waals surface area (Å²) >= 11 is 0. The van der Waals surface area contributed by atoms with E-state index in [9.17, 15) is 9.59 Å². The van der Waals surface area contributed by atoms with E-state index in [2.05, 4.69) is 15.6 Å². The van der Waals surface area contributed by atoms with Crippen LogP contribution in [0.1, 0.15) is 31.3 Å². The molecule has 7 nitrogen and oxygen atoms in total. The maximum Gasteiger partial charge on any atom is 0.358 e. The first-order valence-electron chi connectivity index (χ1n) is 5.22. The Hall–Kier alpha value is -1.92. The van der Waals surface area contributed by atoms with Crippen LogP contribution in [0.4, 0.5) is 0 Å². The first-order chi connectivity index (χ1) is 7.80. The molecule has 0 atom stereocenters. The molecule has 0 fully saturated rings. The summed E-state index contributed by atoms with van der Waals surface area (Å²) in [7, 11) is 0. The highest BCUT2D eigenvalue weighted by molar-refractivity contribution is 5.84. The van der Waals surface area contributed by atoms with Crippen molar-refractivity contribution in [1.29, 1.82) is 0 Å². The van der Waals surface area contributed by atoms with Crippen LogP contribution < -0.4 is 5.32 Å². The Kier molecular flexibility index (Phi) is 3.82. The zero-order valence-electron chi connectivity index (χ0n) is 10.1. The van der Waals surface area contributed by atoms with Crippen molar-refractivity contribution >= 4 is 11.9 Å². The van der Waals surface area contributed by atoms with Gasteiger partial charge in [0.1, 0.15) is 0 Å². The second-order valence-electron chi connectivity index (χ2n) is 4.68. The number of hydrogen-bond acceptors (Lipinski definition) is 4. The first kappa shape index (κ1) is 13.1. The Balaban J connectivity index is 2.41. The topological polar surface area (TPSA) is 97.1 Å². The molecule has 0 bridgehead atoms. The molecule has 1 aromatic heterocycles. The Morgan fingerprint density at radius 2 is 2.12 bits per heavy atom. The van der Waals surface area contributed by atoms with Crippen LogP contribution in [0.2, 0.25) is 0 Å². The van der Waals surface area contributed by atoms with Crippen LogP contribution in [0.5, 0.6) is 0 Å². The van der Waals surface area contributed by atoms with Gasteiger partial charge < -0.3 is 10.4 Å². The van der Waals surface area contributed by atoms with Crippen LogP contribution in [0.25, 0.3) is 0 Å². The number of hydrogen-bond donors (Lipinski definition) is 2. The molecule has 0 aliphatic rings. The summed E-state index contributed by atoms with van der Waals surface area (Å²) in [6.07, 6.45) is 1.32. The number of nitrogens with zero attached hydrogens (tertiary/aromatic N) is 3. The summed E-state index contributed by atoms with van der Waals surface area (Å²) in [6, 6.07) is 0. The van der Waals surface area contributed by atoms with E-state index in [1.807, 2.05) is 20.8 Å². The predicted molar refractivity (Wildman–Crippen MR) is 59.4 cm³/mol. The Labute approximate surface area is 98.8 Å². The molecule has 1 rings (SSSR count). The van der Waals surface area contributed by atoms with Gasteiger partial charge in [0.15, 0.2) is 5.69 Å². The van der Waals surface area contributed by atoms with Gasteiger partial charge in [0.05, 0.1) is 12.7 Å². The van der Waals surface area contributed by atoms with Crippen molar-refractivity contribution in [2.45, 2.75) is 27.3 Å². The summed E-state index contributed by atoms with van der Waals surface area (Å²) in [5.41, 5.74) is -0.540. The molecule has 1 amide bonds. The van der Waals surface area contributed by atoms with E-state index in [4.69, 9.17) is 5.11 Å². The number of aromatic carboxylic acids is 1. The van der Waals surface area contributed by atoms with Gasteiger partial charge in [-0.25, -0.2) is 9.48 Å². The number of rotatable bonds is 4. The van der Waals surface area contributed by atoms with Crippen molar-refractivity contribution in [2.75, 3.05) is 6.54 Å². The van der Waals surface area contributed by atoms with E-state index >= 15 is 0 Å². The number of nitrogens with one attached hydrogen (secondary N) is 1. The smallest absolute Gasteiger partial charge is 0.358 e. The van der Waals surface area contributed by atoms with Crippen LogP contribution in [0, 0.1) is 5.41 Å². The molecule has 17 heavy (non-hydrogen) atoms. The number of carboxylic acids is 1. The zero-order chi connectivity index (χ0) is 13.1. The first-order valence-corrected chi connectivity index (χ1v) is 5.22. The largest absolute Gasteiger partial charge is 0.476 e. The molecule has 0 spiro atoms. The molecule has 0 aliphatic heterocycles. The highest BCUT2D eigenvalue weighted by atomic mass is 16.4. The van der Waals surface area contributed by atoms with Crippen LogP contribution >= 0.6 is 0 Å². The normalized spacial score (nSPS) is 11.2. The van der Waals surface area contributed by atoms with Crippen molar-refractivity contribution in [3.63, 3.8) is 0 Å². The Bertz CT molecular complexity index is 419. The lowest BCUT2D eigenvalue weighted by Gasteiger charge is -2.17. The number of carbonyl (C=O) groups excluding carboxylic acids is 1. The lowest BCUT2D eigenvalue weighted by molar-refractivity contribution is -0.128. The van der Waals surface area contributed by atoms with Crippen molar-refractivity contribution in [1.82, 2.24) is 20.3 Å². The molecule has 7 heteroatoms. The minimum atomic E-state index is -1.12. The lowest BCUT2D eigenvalue weighted by atomic mass is 9.96. The third-order valence-corrected chi connectivity index (χ3v) is 2.07. The molecule has 1 heterocycles. The summed E-state index contributed by atoms with van der Waals surface area (Å²) in [5.74, 6) is -1.17. The SMILES string of the molecule is CC(C)(C)C(=O)NCCn1cc(C(=O)O)nn1. The molecule has 0 saturated carbocycles. The molecule has 0 aromatic carbocycles. The quantitative estimate of drug-likeness (QED) is 0.780. The van der Waals surface area contributed by atoms with Gasteiger partial charge in [-0.3, -0.25) is 4.79 Å². The van der Waals surface area contributed by atoms with E-state index in [1.54, 1.807) is 0 Å². The van der Waals surface area contributed by atoms with Crippen molar-refractivity contribution in [2.24, 2.45) is 5.41 Å². The minimum absolute atomic E-state index is 0.0592. The van der Waals surface area contributed by atoms with Crippen LogP contribution in [0.3, 0.4) is 0 Å². The highest BCUT2D eigenvalue weighted by Gasteiger charge is 2.20. The van der Waals surface area contributed by atoms with E-state index in [0.29, 0.717) is 13.1 Å². The fraction of sp³-hybridized carbons (Fsp3) is 0.600. The summed E-state index contributed by atoms with van der Waals surface area (Å²) < 4.78 is 1.38. The predicted octanol–water partition coefficient (Wildman–Crippen LogP) is 0.139. The van der Waals surface area contributed by atoms with E-state index in [1.165, 1.54) is 10.9 Å². The Morgan fingerprint density at radius 1 is 1.47 bits per heavy atom. The number of carbonyl (C=O) groups is 2. The zero-order valence-corrected chi connectivity index (χ0v) is 10.1. The van der Waals surface area contributed by atoms with Crippen molar-refractivity contribution in [3.05, 3.63) is 11.9 Å². The van der Waals surface area contributed by atoms with Gasteiger partial charge in [0, 0.05) is 12.0 Å². The van der Waals surface area contributed by atoms with Crippen LogP contribution in [-0.4, -0.2) is 38.5 Å². The molecule has 0 radical (unpaired) electrons. The van der Waals surface area contributed by atoms with Gasteiger partial charge in [-0.15, -0.1) is 5.10 Å². The summed E-state index contributed by atoms with van der Waals surface area (Å²) in [5, 5.41) is 18.5. The monoisotopic (exact) mass is 240 g/mol. The molecule has 2 N–H and O–H groups in total. The van der Waals surface area contributed by atoms with Crippen LogP contribution in [0.15, 0.2) is 6.20 Å². The molecule has 1 aromatic rings. The Morgan fingerprint density at radius 3 is 2.59 bits per heavy atom. The number of amides is 1. The van der Waals surface area contributed by atoms with Gasteiger partial charge >= 0.3 is 5.97 Å². The van der Waals surface area contributed by atoms with Gasteiger partial charge in [0.25, 0.3) is 0 Å². The molecule has 0 aliphatic carbocycles. The number of carboxylic acid groups (broad SMARTS) is 1. The maximum atomic E-state index is 11.5. The van der Waals surface area contributed by atoms with Gasteiger partial charge in [-0.2, -0.15) is 0 Å². The van der Waals surface area contributed by atoms with Gasteiger partial charge in [-0.05, 0) is 0 Å². The number of aromatic nitrogens is 3. The lowest BCUT2D eigenvalue weighted by Crippen LogP contribution is -2.36. The fourth-order valence-corrected chi connectivity index (χ4v) is 1.05. The second kappa shape index (κ2) is 4.94. The van der Waals surface area contributed by atoms with Crippen molar-refractivity contribution < 1.29 is 14.7 Å². The van der Waals surface area contributed by atoms with E-state index in [-0.39, 0.29) is 11.6 Å². The average Bonchev–Trinajstić information content (AvgIpc) is 2.64. The molecule has 0 unspecified atom stereocenters. The molecule has 0 saturated heterocycles. The average molecular weight is 240 g/mol. The van der Waals surface area contributed by atoms with Gasteiger partial charge in [-0.1, -0.05) is 26.0 Å². The van der Waals surface area contributed by atoms with E-state index < -0.39 is 11.4 Å². The van der Waals surface area contributed by atoms with E-state index in [0.717, 1.165) is 0 Å². The second-order valence-corrected chi connectivity index (χ2v) is 4.68. The molecule has 94 valence electrons. The fourth-order valence-electron chi connectivity index (χ4n) is 1.05. The van der Waals surface area contributed by atoms with Crippen LogP contribution in [-0.2, 0) is 11.3 Å². The highest BCUT2D eigenvalue weighted by Crippen LogP contribution is 2.11. The van der Waals surface area contributed by atoms with Gasteiger partial charge in [0.2, 0.25) is 5.91 Å². The minimum Gasteiger partial charge on any atom is -0.476 e. The third-order valence-electron chi connectivity index (χ3n) is 2.07. The van der Waals surface area contributed by atoms with Crippen molar-refractivity contribution in [3.8, 4) is 0 Å².